The van der Waals surface area contributed by atoms with Crippen LogP contribution < -0.4 is 16.4 Å². The maximum absolute atomic E-state index is 12.9. The number of urea groups is 1. The van der Waals surface area contributed by atoms with Gasteiger partial charge in [-0.25, -0.2) is 4.79 Å². The average molecular weight is 416 g/mol. The second kappa shape index (κ2) is 7.03. The Labute approximate surface area is 170 Å². The monoisotopic (exact) mass is 416 g/mol. The molecule has 5 N–H and O–H groups in total. The number of carbonyl (C=O) groups excluding carboxylic acids is 3. The summed E-state index contributed by atoms with van der Waals surface area (Å²) in [5.41, 5.74) is 5.80. The molecule has 4 atom stereocenters. The zero-order chi connectivity index (χ0) is 20.8. The number of thioether (sulfide) groups is 1. The van der Waals surface area contributed by atoms with Crippen molar-refractivity contribution in [1.82, 2.24) is 36.2 Å². The van der Waals surface area contributed by atoms with E-state index in [9.17, 15) is 14.4 Å². The van der Waals surface area contributed by atoms with Crippen LogP contribution >= 0.6 is 11.8 Å². The third-order valence-corrected chi connectivity index (χ3v) is 6.60. The molecule has 2 saturated heterocycles. The number of fused-ring (bicyclic) bond motifs is 1. The fourth-order valence-electron chi connectivity index (χ4n) is 3.77. The Kier molecular flexibility index (Phi) is 4.65. The fourth-order valence-corrected chi connectivity index (χ4v) is 5.40. The van der Waals surface area contributed by atoms with E-state index in [1.807, 2.05) is 13.8 Å². The zero-order valence-electron chi connectivity index (χ0n) is 15.7. The number of nitrogens with one attached hydrogen (secondary N) is 3. The van der Waals surface area contributed by atoms with Crippen LogP contribution in [-0.4, -0.2) is 59.5 Å². The highest BCUT2D eigenvalue weighted by Crippen LogP contribution is 2.56. The minimum atomic E-state index is -0.997. The molecular weight excluding hydrogens is 396 g/mol. The lowest BCUT2D eigenvalue weighted by molar-refractivity contribution is -0.152. The van der Waals surface area contributed by atoms with Gasteiger partial charge in [-0.1, -0.05) is 35.5 Å². The molecule has 0 aliphatic carbocycles. The van der Waals surface area contributed by atoms with Crippen molar-refractivity contribution >= 4 is 29.6 Å². The number of aromatic amines is 1. The van der Waals surface area contributed by atoms with Gasteiger partial charge in [0.15, 0.2) is 5.82 Å². The Balaban J connectivity index is 1.52. The topological polar surface area (TPSA) is 159 Å². The van der Waals surface area contributed by atoms with Gasteiger partial charge < -0.3 is 21.3 Å². The number of aromatic nitrogens is 4. The van der Waals surface area contributed by atoms with Crippen LogP contribution in [0.2, 0.25) is 0 Å². The number of primary amides is 1. The highest BCUT2D eigenvalue weighted by molar-refractivity contribution is 8.01. The minimum Gasteiger partial charge on any atom is -0.352 e. The number of hydrogen-bond donors (Lipinski definition) is 4. The highest BCUT2D eigenvalue weighted by atomic mass is 32.2. The second-order valence-corrected chi connectivity index (χ2v) is 9.14. The Bertz CT molecular complexity index is 935. The summed E-state index contributed by atoms with van der Waals surface area (Å²) >= 11 is 1.56. The molecule has 0 radical (unpaired) electrons. The number of rotatable bonds is 5. The van der Waals surface area contributed by atoms with Crippen molar-refractivity contribution in [1.29, 1.82) is 0 Å². The first-order chi connectivity index (χ1) is 13.8. The number of hydrogen-bond acceptors (Lipinski definition) is 7. The predicted molar refractivity (Wildman–Crippen MR) is 103 cm³/mol. The van der Waals surface area contributed by atoms with Crippen molar-refractivity contribution in [2.45, 2.75) is 42.1 Å². The summed E-state index contributed by atoms with van der Waals surface area (Å²) in [5.74, 6) is -0.308. The summed E-state index contributed by atoms with van der Waals surface area (Å²) in [4.78, 5) is 38.8. The number of amides is 4. The lowest BCUT2D eigenvalue weighted by Crippen LogP contribution is -2.68. The van der Waals surface area contributed by atoms with E-state index in [4.69, 9.17) is 5.73 Å². The molecule has 4 amide bonds. The van der Waals surface area contributed by atoms with Gasteiger partial charge in [-0.15, -0.1) is 22.0 Å². The van der Waals surface area contributed by atoms with Crippen LogP contribution in [0.4, 0.5) is 4.79 Å². The highest BCUT2D eigenvalue weighted by Gasteiger charge is 2.63. The minimum absolute atomic E-state index is 0.234. The molecule has 0 bridgehead atoms. The van der Waals surface area contributed by atoms with Crippen LogP contribution in [0.5, 0.6) is 0 Å². The van der Waals surface area contributed by atoms with Gasteiger partial charge in [-0.2, -0.15) is 5.21 Å². The van der Waals surface area contributed by atoms with E-state index in [1.165, 1.54) is 0 Å². The van der Waals surface area contributed by atoms with Gasteiger partial charge in [0.1, 0.15) is 23.5 Å². The van der Waals surface area contributed by atoms with Gasteiger partial charge in [-0.3, -0.25) is 9.59 Å². The molecule has 152 valence electrons. The van der Waals surface area contributed by atoms with Gasteiger partial charge in [-0.05, 0) is 19.4 Å². The Morgan fingerprint density at radius 1 is 1.31 bits per heavy atom. The maximum Gasteiger partial charge on any atom is 0.313 e. The molecule has 1 aromatic heterocycles. The molecule has 3 heterocycles. The number of nitrogens with two attached hydrogens (primary N) is 1. The molecule has 4 rings (SSSR count). The van der Waals surface area contributed by atoms with Gasteiger partial charge in [0.25, 0.3) is 0 Å². The van der Waals surface area contributed by atoms with E-state index in [0.29, 0.717) is 11.4 Å². The Morgan fingerprint density at radius 2 is 2.03 bits per heavy atom. The molecule has 0 spiro atoms. The molecule has 12 heteroatoms. The van der Waals surface area contributed by atoms with Crippen LogP contribution in [0, 0.1) is 0 Å². The van der Waals surface area contributed by atoms with Crippen LogP contribution in [-0.2, 0) is 9.59 Å². The van der Waals surface area contributed by atoms with Crippen molar-refractivity contribution in [3.63, 3.8) is 0 Å². The van der Waals surface area contributed by atoms with Crippen LogP contribution in [0.1, 0.15) is 37.3 Å². The average Bonchev–Trinajstić information content (AvgIpc) is 3.28. The van der Waals surface area contributed by atoms with E-state index in [0.717, 1.165) is 0 Å². The number of tetrazole rings is 1. The molecule has 2 fully saturated rings. The van der Waals surface area contributed by atoms with Gasteiger partial charge in [0, 0.05) is 4.75 Å². The van der Waals surface area contributed by atoms with Crippen molar-refractivity contribution in [2.24, 2.45) is 5.73 Å². The molecule has 29 heavy (non-hydrogen) atoms. The van der Waals surface area contributed by atoms with E-state index in [-0.39, 0.29) is 22.1 Å². The third-order valence-electron chi connectivity index (χ3n) is 5.03. The van der Waals surface area contributed by atoms with Crippen molar-refractivity contribution < 1.29 is 14.4 Å². The number of H-pyrrole nitrogens is 1. The molecule has 2 unspecified atom stereocenters. The van der Waals surface area contributed by atoms with E-state index < -0.39 is 24.0 Å². The first-order valence-corrected chi connectivity index (χ1v) is 9.82. The fraction of sp³-hybridized carbons (Fsp3) is 0.412. The summed E-state index contributed by atoms with van der Waals surface area (Å²) < 4.78 is -0.367. The van der Waals surface area contributed by atoms with E-state index >= 15 is 0 Å². The lowest BCUT2D eigenvalue weighted by Gasteiger charge is -2.44. The molecule has 11 nitrogen and oxygen atoms in total. The SMILES string of the molecule is CC1(C)S[C@@H]2C(NC(=O)[C@H](NC(N)=O)c3ccccc3)C(=O)N2C1c1nn[nH]n1. The molecular formula is C17H20N8O3S. The van der Waals surface area contributed by atoms with Gasteiger partial charge in [0.05, 0.1) is 0 Å². The number of carbonyl (C=O) groups is 3. The van der Waals surface area contributed by atoms with Crippen molar-refractivity contribution in [2.75, 3.05) is 0 Å². The lowest BCUT2D eigenvalue weighted by atomic mass is 9.95. The van der Waals surface area contributed by atoms with Gasteiger partial charge >= 0.3 is 6.03 Å². The first-order valence-electron chi connectivity index (χ1n) is 8.94. The van der Waals surface area contributed by atoms with E-state index in [2.05, 4.69) is 31.3 Å². The van der Waals surface area contributed by atoms with Crippen LogP contribution in [0.3, 0.4) is 0 Å². The summed E-state index contributed by atoms with van der Waals surface area (Å²) in [7, 11) is 0. The quantitative estimate of drug-likeness (QED) is 0.492. The molecule has 1 aromatic carbocycles. The predicted octanol–water partition coefficient (Wildman–Crippen LogP) is -0.171. The third kappa shape index (κ3) is 3.28. The summed E-state index contributed by atoms with van der Waals surface area (Å²) in [5, 5.41) is 19.0. The summed E-state index contributed by atoms with van der Waals surface area (Å²) in [6.45, 7) is 3.98. The van der Waals surface area contributed by atoms with E-state index in [1.54, 1.807) is 47.0 Å². The number of benzene rings is 1. The maximum atomic E-state index is 12.9. The van der Waals surface area contributed by atoms with Crippen molar-refractivity contribution in [3.8, 4) is 0 Å². The second-order valence-electron chi connectivity index (χ2n) is 7.37. The molecule has 0 saturated carbocycles. The smallest absolute Gasteiger partial charge is 0.313 e. The largest absolute Gasteiger partial charge is 0.352 e. The standard InChI is InChI=1S/C17H20N8O3S/c1-17(2)11(12-21-23-24-22-12)25-14(27)10(15(25)29-17)19-13(26)9(20-16(18)28)8-6-4-3-5-7-8/h3-7,9-11,15H,1-2H3,(H,19,26)(H3,18,20,28)(H,21,22,23,24)/t9-,10?,11?,15-/m1/s1. The molecule has 2 aliphatic rings. The first kappa shape index (κ1) is 19.2. The Morgan fingerprint density at radius 3 is 2.66 bits per heavy atom. The Hall–Kier alpha value is -3.15. The van der Waals surface area contributed by atoms with Gasteiger partial charge in [0.2, 0.25) is 11.8 Å². The molecule has 2 aromatic rings. The number of nitrogens with zero attached hydrogens (tertiary/aromatic N) is 4. The summed E-state index contributed by atoms with van der Waals surface area (Å²) in [6.07, 6.45) is 0. The number of β-lactam (4-membered cyclic amide) rings is 1. The zero-order valence-corrected chi connectivity index (χ0v) is 16.5. The van der Waals surface area contributed by atoms with Crippen LogP contribution in [0.15, 0.2) is 30.3 Å². The van der Waals surface area contributed by atoms with Crippen LogP contribution in [0.25, 0.3) is 0 Å². The normalized spacial score (nSPS) is 25.7. The summed E-state index contributed by atoms with van der Waals surface area (Å²) in [6, 6.07) is 5.80. The van der Waals surface area contributed by atoms with Crippen molar-refractivity contribution in [3.05, 3.63) is 41.7 Å². The molecule has 2 aliphatic heterocycles.